The Hall–Kier alpha value is -3.07. The zero-order valence-electron chi connectivity index (χ0n) is 21.1. The Morgan fingerprint density at radius 2 is 1.44 bits per heavy atom. The van der Waals surface area contributed by atoms with E-state index in [4.69, 9.17) is 9.72 Å². The molecule has 0 N–H and O–H groups in total. The summed E-state index contributed by atoms with van der Waals surface area (Å²) in [5.41, 5.74) is 3.28. The number of hydrogen-bond acceptors (Lipinski definition) is 6. The molecule has 1 aromatic heterocycles. The molecule has 2 aromatic carbocycles. The minimum atomic E-state index is -0.156. The van der Waals surface area contributed by atoms with E-state index in [1.807, 2.05) is 25.1 Å². The highest BCUT2D eigenvalue weighted by molar-refractivity contribution is 6.21. The largest absolute Gasteiger partial charge is 0.380 e. The summed E-state index contributed by atoms with van der Waals surface area (Å²) < 4.78 is 7.92. The maximum Gasteiger partial charge on any atom is 0.261 e. The van der Waals surface area contributed by atoms with Crippen LogP contribution in [0.4, 0.5) is 0 Å². The third-order valence-corrected chi connectivity index (χ3v) is 7.21. The average Bonchev–Trinajstić information content (AvgIpc) is 3.37. The molecule has 0 unspecified atom stereocenters. The van der Waals surface area contributed by atoms with Crippen molar-refractivity contribution in [2.24, 2.45) is 0 Å². The van der Waals surface area contributed by atoms with Crippen LogP contribution >= 0.6 is 0 Å². The molecule has 0 saturated carbocycles. The molecule has 0 radical (unpaired) electrons. The number of rotatable bonds is 11. The van der Waals surface area contributed by atoms with Gasteiger partial charge in [-0.2, -0.15) is 0 Å². The molecule has 2 aliphatic rings. The van der Waals surface area contributed by atoms with Crippen molar-refractivity contribution >= 4 is 22.8 Å². The van der Waals surface area contributed by atoms with Gasteiger partial charge in [0.05, 0.1) is 35.3 Å². The van der Waals surface area contributed by atoms with Crippen LogP contribution in [0.25, 0.3) is 11.0 Å². The minimum absolute atomic E-state index is 0.156. The highest BCUT2D eigenvalue weighted by Crippen LogP contribution is 2.23. The predicted molar refractivity (Wildman–Crippen MR) is 139 cm³/mol. The third kappa shape index (κ3) is 5.21. The van der Waals surface area contributed by atoms with Crippen LogP contribution in [-0.4, -0.2) is 88.5 Å². The number of unbranched alkanes of at least 4 members (excludes halogenated alkanes) is 1. The molecule has 5 rings (SSSR count). The molecule has 8 heteroatoms. The number of imide groups is 1. The van der Waals surface area contributed by atoms with Crippen LogP contribution in [0, 0.1) is 0 Å². The lowest BCUT2D eigenvalue weighted by atomic mass is 10.1. The molecule has 0 aliphatic carbocycles. The maximum atomic E-state index is 12.5. The van der Waals surface area contributed by atoms with E-state index in [0.29, 0.717) is 24.3 Å². The first-order valence-electron chi connectivity index (χ1n) is 13.1. The van der Waals surface area contributed by atoms with Gasteiger partial charge in [-0.25, -0.2) is 4.98 Å². The van der Waals surface area contributed by atoms with Crippen LogP contribution in [0.15, 0.2) is 48.5 Å². The highest BCUT2D eigenvalue weighted by atomic mass is 16.5. The van der Waals surface area contributed by atoms with E-state index in [-0.39, 0.29) is 11.8 Å². The van der Waals surface area contributed by atoms with Crippen LogP contribution in [0.1, 0.15) is 46.3 Å². The van der Waals surface area contributed by atoms with E-state index in [1.165, 1.54) is 10.4 Å². The monoisotopic (exact) mass is 489 g/mol. The lowest BCUT2D eigenvalue weighted by Gasteiger charge is -2.34. The van der Waals surface area contributed by atoms with Gasteiger partial charge in [0.1, 0.15) is 5.82 Å². The fourth-order valence-electron chi connectivity index (χ4n) is 5.21. The van der Waals surface area contributed by atoms with E-state index in [1.54, 1.807) is 12.1 Å². The van der Waals surface area contributed by atoms with Crippen molar-refractivity contribution in [3.8, 4) is 0 Å². The second-order valence-electron chi connectivity index (χ2n) is 9.50. The van der Waals surface area contributed by atoms with E-state index < -0.39 is 0 Å². The van der Waals surface area contributed by atoms with Crippen molar-refractivity contribution in [1.82, 2.24) is 24.3 Å². The number of para-hydroxylation sites is 2. The summed E-state index contributed by atoms with van der Waals surface area (Å²) >= 11 is 0. The highest BCUT2D eigenvalue weighted by Gasteiger charge is 2.34. The predicted octanol–water partition coefficient (Wildman–Crippen LogP) is 3.27. The van der Waals surface area contributed by atoms with Gasteiger partial charge in [0.2, 0.25) is 0 Å². The van der Waals surface area contributed by atoms with Gasteiger partial charge in [0.25, 0.3) is 11.8 Å². The molecule has 0 bridgehead atoms. The Balaban J connectivity index is 1.07. The Morgan fingerprint density at radius 3 is 2.17 bits per heavy atom. The summed E-state index contributed by atoms with van der Waals surface area (Å²) in [6, 6.07) is 15.4. The first-order valence-corrected chi connectivity index (χ1v) is 13.1. The molecule has 36 heavy (non-hydrogen) atoms. The van der Waals surface area contributed by atoms with Crippen molar-refractivity contribution in [3.05, 3.63) is 65.5 Å². The van der Waals surface area contributed by atoms with Crippen molar-refractivity contribution in [1.29, 1.82) is 0 Å². The molecular formula is C28H35N5O3. The lowest BCUT2D eigenvalue weighted by molar-refractivity contribution is 0.0648. The number of aromatic nitrogens is 2. The zero-order valence-corrected chi connectivity index (χ0v) is 21.1. The normalized spacial score (nSPS) is 16.9. The fourth-order valence-corrected chi connectivity index (χ4v) is 5.21. The number of carbonyl (C=O) groups excluding carboxylic acids is 2. The minimum Gasteiger partial charge on any atom is -0.380 e. The average molecular weight is 490 g/mol. The van der Waals surface area contributed by atoms with Crippen LogP contribution < -0.4 is 0 Å². The topological polar surface area (TPSA) is 70.9 Å². The Kier molecular flexibility index (Phi) is 7.75. The number of imidazole rings is 1. The number of benzene rings is 2. The summed E-state index contributed by atoms with van der Waals surface area (Å²) in [4.78, 5) is 36.3. The van der Waals surface area contributed by atoms with E-state index in [2.05, 4.69) is 32.6 Å². The van der Waals surface area contributed by atoms with Crippen LogP contribution in [-0.2, 0) is 17.8 Å². The molecular weight excluding hydrogens is 454 g/mol. The second-order valence-corrected chi connectivity index (χ2v) is 9.50. The molecule has 8 nitrogen and oxygen atoms in total. The summed E-state index contributed by atoms with van der Waals surface area (Å²) in [6.07, 6.45) is 1.80. The molecule has 3 aromatic rings. The molecule has 190 valence electrons. The molecule has 2 aliphatic heterocycles. The number of nitrogens with zero attached hydrogens (tertiary/aromatic N) is 5. The van der Waals surface area contributed by atoms with Crippen molar-refractivity contribution < 1.29 is 14.3 Å². The molecule has 2 amide bonds. The van der Waals surface area contributed by atoms with E-state index in [0.717, 1.165) is 76.6 Å². The van der Waals surface area contributed by atoms with Gasteiger partial charge in [-0.05, 0) is 50.6 Å². The SMILES string of the molecule is CCOCCn1c(CN2CCN(CCCCN3C(=O)c4ccccc4C3=O)CC2)nc2ccccc21. The Bertz CT molecular complexity index is 1180. The number of piperazine rings is 1. The van der Waals surface area contributed by atoms with Crippen molar-refractivity contribution in [2.75, 3.05) is 52.5 Å². The molecule has 1 fully saturated rings. The smallest absolute Gasteiger partial charge is 0.261 e. The Morgan fingerprint density at radius 1 is 0.806 bits per heavy atom. The Labute approximate surface area is 212 Å². The molecule has 3 heterocycles. The van der Waals surface area contributed by atoms with Crippen molar-refractivity contribution in [2.45, 2.75) is 32.9 Å². The molecule has 1 saturated heterocycles. The number of amides is 2. The number of fused-ring (bicyclic) bond motifs is 2. The fraction of sp³-hybridized carbons (Fsp3) is 0.464. The van der Waals surface area contributed by atoms with Crippen LogP contribution in [0.5, 0.6) is 0 Å². The summed E-state index contributed by atoms with van der Waals surface area (Å²) in [6.45, 7) is 10.6. The van der Waals surface area contributed by atoms with E-state index >= 15 is 0 Å². The summed E-state index contributed by atoms with van der Waals surface area (Å²) in [7, 11) is 0. The first kappa shape index (κ1) is 24.6. The van der Waals surface area contributed by atoms with Gasteiger partial charge in [-0.1, -0.05) is 24.3 Å². The third-order valence-electron chi connectivity index (χ3n) is 7.21. The number of ether oxygens (including phenoxy) is 1. The van der Waals surface area contributed by atoms with Gasteiger partial charge < -0.3 is 14.2 Å². The summed E-state index contributed by atoms with van der Waals surface area (Å²) in [5.74, 6) is 0.790. The lowest BCUT2D eigenvalue weighted by Crippen LogP contribution is -2.46. The number of carbonyl (C=O) groups is 2. The van der Waals surface area contributed by atoms with Crippen LogP contribution in [0.2, 0.25) is 0 Å². The zero-order chi connectivity index (χ0) is 24.9. The van der Waals surface area contributed by atoms with Gasteiger partial charge >= 0.3 is 0 Å². The molecule has 0 atom stereocenters. The second kappa shape index (κ2) is 11.3. The first-order chi connectivity index (χ1) is 17.7. The quantitative estimate of drug-likeness (QED) is 0.304. The van der Waals surface area contributed by atoms with Gasteiger partial charge in [0.15, 0.2) is 0 Å². The van der Waals surface area contributed by atoms with E-state index in [9.17, 15) is 9.59 Å². The van der Waals surface area contributed by atoms with Crippen LogP contribution in [0.3, 0.4) is 0 Å². The van der Waals surface area contributed by atoms with Crippen molar-refractivity contribution in [3.63, 3.8) is 0 Å². The number of hydrogen-bond donors (Lipinski definition) is 0. The summed E-state index contributed by atoms with van der Waals surface area (Å²) in [5, 5.41) is 0. The standard InChI is InChI=1S/C28H35N5O3/c1-2-36-20-19-32-25-12-6-5-11-24(25)29-26(32)21-31-17-15-30(16-18-31)13-7-8-14-33-27(34)22-9-3-4-10-23(22)28(33)35/h3-6,9-12H,2,7-8,13-21H2,1H3. The van der Waals surface area contributed by atoms with Gasteiger partial charge in [-0.15, -0.1) is 0 Å². The maximum absolute atomic E-state index is 12.5. The molecule has 0 spiro atoms. The van der Waals surface area contributed by atoms with Gasteiger partial charge in [-0.3, -0.25) is 19.4 Å². The van der Waals surface area contributed by atoms with Gasteiger partial charge in [0, 0.05) is 45.9 Å².